The molecule has 0 spiro atoms. The summed E-state index contributed by atoms with van der Waals surface area (Å²) in [5.41, 5.74) is 6.47. The van der Waals surface area contributed by atoms with Crippen molar-refractivity contribution in [3.05, 3.63) is 139 Å². The molecule has 0 unspecified atom stereocenters. The van der Waals surface area contributed by atoms with Gasteiger partial charge in [0.25, 0.3) is 0 Å². The first-order valence-electron chi connectivity index (χ1n) is 13.4. The van der Waals surface area contributed by atoms with Gasteiger partial charge in [-0.2, -0.15) is 0 Å². The molecule has 8 aromatic rings. The van der Waals surface area contributed by atoms with Gasteiger partial charge in [-0.1, -0.05) is 96.6 Å². The van der Waals surface area contributed by atoms with Crippen LogP contribution in [0.5, 0.6) is 0 Å². The van der Waals surface area contributed by atoms with Crippen molar-refractivity contribution in [3.63, 3.8) is 0 Å². The topological polar surface area (TPSA) is 16.4 Å². The molecule has 0 amide bonds. The number of fused-ring (bicyclic) bond motifs is 8. The van der Waals surface area contributed by atoms with Gasteiger partial charge in [0, 0.05) is 32.9 Å². The Labute approximate surface area is 226 Å². The fourth-order valence-electron chi connectivity index (χ4n) is 5.97. The van der Waals surface area contributed by atoms with E-state index in [1.54, 1.807) is 0 Å². The van der Waals surface area contributed by atoms with Crippen LogP contribution < -0.4 is 4.90 Å². The van der Waals surface area contributed by atoms with Crippen LogP contribution in [0.3, 0.4) is 0 Å². The Morgan fingerprint density at radius 3 is 1.97 bits per heavy atom. The Hall–Kier alpha value is -5.08. The van der Waals surface area contributed by atoms with E-state index in [1.165, 1.54) is 27.1 Å². The zero-order chi connectivity index (χ0) is 25.9. The molecule has 0 saturated heterocycles. The van der Waals surface area contributed by atoms with Gasteiger partial charge in [-0.05, 0) is 70.9 Å². The van der Waals surface area contributed by atoms with Crippen molar-refractivity contribution >= 4 is 71.3 Å². The minimum atomic E-state index is 0.918. The molecule has 7 aromatic carbocycles. The average Bonchev–Trinajstić information content (AvgIpc) is 3.38. The van der Waals surface area contributed by atoms with Crippen LogP contribution in [-0.2, 0) is 0 Å². The molecule has 184 valence electrons. The molecule has 0 fully saturated rings. The summed E-state index contributed by atoms with van der Waals surface area (Å²) < 4.78 is 6.44. The van der Waals surface area contributed by atoms with Crippen LogP contribution in [0.4, 0.5) is 17.1 Å². The lowest BCUT2D eigenvalue weighted by molar-refractivity contribution is 0.672. The van der Waals surface area contributed by atoms with Crippen LogP contribution in [0.15, 0.2) is 138 Å². The molecule has 0 atom stereocenters. The number of anilines is 3. The average molecular weight is 500 g/mol. The van der Waals surface area contributed by atoms with Crippen LogP contribution >= 0.6 is 0 Å². The molecule has 39 heavy (non-hydrogen) atoms. The maximum Gasteiger partial charge on any atom is 0.143 e. The maximum absolute atomic E-state index is 6.44. The van der Waals surface area contributed by atoms with Gasteiger partial charge in [0.1, 0.15) is 11.2 Å². The number of nitrogens with zero attached hydrogens (tertiary/aromatic N) is 1. The van der Waals surface area contributed by atoms with E-state index in [-0.39, 0.29) is 0 Å². The molecule has 1 aromatic heterocycles. The smallest absolute Gasteiger partial charge is 0.143 e. The van der Waals surface area contributed by atoms with Gasteiger partial charge >= 0.3 is 0 Å². The van der Waals surface area contributed by atoms with Gasteiger partial charge in [0.05, 0.1) is 5.69 Å². The third-order valence-electron chi connectivity index (χ3n) is 7.88. The molecule has 8 rings (SSSR count). The zero-order valence-corrected chi connectivity index (χ0v) is 21.6. The Kier molecular flexibility index (Phi) is 4.77. The SMILES string of the molecule is Cc1ccc(N(c2ccc3ccc4c5ccccc5oc4c3c2)c2cc3ccccc3c3ccccc23)cc1. The number of hydrogen-bond acceptors (Lipinski definition) is 2. The summed E-state index contributed by atoms with van der Waals surface area (Å²) in [6, 6.07) is 47.9. The largest absolute Gasteiger partial charge is 0.455 e. The monoisotopic (exact) mass is 499 g/mol. The molecule has 0 bridgehead atoms. The lowest BCUT2D eigenvalue weighted by Gasteiger charge is -2.28. The Morgan fingerprint density at radius 1 is 0.462 bits per heavy atom. The van der Waals surface area contributed by atoms with Crippen LogP contribution in [0, 0.1) is 6.92 Å². The Morgan fingerprint density at radius 2 is 1.13 bits per heavy atom. The van der Waals surface area contributed by atoms with Crippen molar-refractivity contribution in [2.75, 3.05) is 4.90 Å². The first-order chi connectivity index (χ1) is 19.2. The quantitative estimate of drug-likeness (QED) is 0.225. The summed E-state index contributed by atoms with van der Waals surface area (Å²) in [6.07, 6.45) is 0. The summed E-state index contributed by atoms with van der Waals surface area (Å²) >= 11 is 0. The highest BCUT2D eigenvalue weighted by atomic mass is 16.3. The van der Waals surface area contributed by atoms with Gasteiger partial charge in [-0.25, -0.2) is 0 Å². The fraction of sp³-hybridized carbons (Fsp3) is 0.0270. The number of para-hydroxylation sites is 1. The highest BCUT2D eigenvalue weighted by Gasteiger charge is 2.19. The summed E-state index contributed by atoms with van der Waals surface area (Å²) in [4.78, 5) is 2.38. The van der Waals surface area contributed by atoms with E-state index in [0.717, 1.165) is 49.8 Å². The number of rotatable bonds is 3. The maximum atomic E-state index is 6.44. The van der Waals surface area contributed by atoms with Gasteiger partial charge < -0.3 is 9.32 Å². The Balaban J connectivity index is 1.45. The summed E-state index contributed by atoms with van der Waals surface area (Å²) in [5.74, 6) is 0. The second kappa shape index (κ2) is 8.47. The first kappa shape index (κ1) is 22.0. The predicted octanol–water partition coefficient (Wildman–Crippen LogP) is 10.8. The number of benzene rings is 7. The molecular formula is C37H25NO. The van der Waals surface area contributed by atoms with Crippen molar-refractivity contribution in [1.29, 1.82) is 0 Å². The van der Waals surface area contributed by atoms with E-state index in [0.29, 0.717) is 0 Å². The summed E-state index contributed by atoms with van der Waals surface area (Å²) in [5, 5.41) is 9.54. The van der Waals surface area contributed by atoms with Crippen LogP contribution in [0.25, 0.3) is 54.3 Å². The Bertz CT molecular complexity index is 2190. The van der Waals surface area contributed by atoms with E-state index in [1.807, 2.05) is 12.1 Å². The molecule has 0 N–H and O–H groups in total. The first-order valence-corrected chi connectivity index (χ1v) is 13.4. The van der Waals surface area contributed by atoms with Gasteiger partial charge in [-0.3, -0.25) is 0 Å². The molecule has 0 aliphatic rings. The number of hydrogen-bond donors (Lipinski definition) is 0. The van der Waals surface area contributed by atoms with Gasteiger partial charge in [0.2, 0.25) is 0 Å². The third-order valence-corrected chi connectivity index (χ3v) is 7.88. The fourth-order valence-corrected chi connectivity index (χ4v) is 5.97. The van der Waals surface area contributed by atoms with E-state index in [4.69, 9.17) is 4.42 Å². The van der Waals surface area contributed by atoms with Crippen LogP contribution in [-0.4, -0.2) is 0 Å². The van der Waals surface area contributed by atoms with Gasteiger partial charge in [-0.15, -0.1) is 0 Å². The predicted molar refractivity (Wildman–Crippen MR) is 166 cm³/mol. The van der Waals surface area contributed by atoms with Crippen LogP contribution in [0.2, 0.25) is 0 Å². The number of furan rings is 1. The second-order valence-electron chi connectivity index (χ2n) is 10.3. The van der Waals surface area contributed by atoms with Crippen molar-refractivity contribution in [2.24, 2.45) is 0 Å². The molecule has 0 radical (unpaired) electrons. The minimum Gasteiger partial charge on any atom is -0.455 e. The second-order valence-corrected chi connectivity index (χ2v) is 10.3. The van der Waals surface area contributed by atoms with E-state index < -0.39 is 0 Å². The molecule has 1 heterocycles. The highest BCUT2D eigenvalue weighted by molar-refractivity contribution is 6.17. The van der Waals surface area contributed by atoms with Crippen molar-refractivity contribution in [1.82, 2.24) is 0 Å². The van der Waals surface area contributed by atoms with Crippen molar-refractivity contribution in [3.8, 4) is 0 Å². The van der Waals surface area contributed by atoms with Crippen LogP contribution in [0.1, 0.15) is 5.56 Å². The zero-order valence-electron chi connectivity index (χ0n) is 21.6. The molecule has 0 aliphatic carbocycles. The molecule has 0 aliphatic heterocycles. The van der Waals surface area contributed by atoms with E-state index in [9.17, 15) is 0 Å². The van der Waals surface area contributed by atoms with Crippen molar-refractivity contribution in [2.45, 2.75) is 6.92 Å². The lowest BCUT2D eigenvalue weighted by Crippen LogP contribution is -2.10. The standard InChI is InChI=1S/C37H25NO/c1-24-14-18-27(19-15-24)38(35-22-26-8-2-3-9-29(26)30-10-4-5-11-31(30)35)28-20-16-25-17-21-33-32-12-6-7-13-36(32)39-37(33)34(25)23-28/h2-23H,1H3. The number of aryl methyl sites for hydroxylation is 1. The highest BCUT2D eigenvalue weighted by Crippen LogP contribution is 2.43. The van der Waals surface area contributed by atoms with E-state index >= 15 is 0 Å². The minimum absolute atomic E-state index is 0.918. The molecule has 2 heteroatoms. The molecule has 2 nitrogen and oxygen atoms in total. The normalized spacial score (nSPS) is 11.7. The summed E-state index contributed by atoms with van der Waals surface area (Å²) in [6.45, 7) is 2.13. The lowest BCUT2D eigenvalue weighted by atomic mass is 9.98. The summed E-state index contributed by atoms with van der Waals surface area (Å²) in [7, 11) is 0. The van der Waals surface area contributed by atoms with Gasteiger partial charge in [0.15, 0.2) is 0 Å². The van der Waals surface area contributed by atoms with E-state index in [2.05, 4.69) is 133 Å². The molecule has 0 saturated carbocycles. The molecular weight excluding hydrogens is 474 g/mol. The van der Waals surface area contributed by atoms with Crippen molar-refractivity contribution < 1.29 is 4.42 Å². The third kappa shape index (κ3) is 3.42.